The fourth-order valence-corrected chi connectivity index (χ4v) is 11.3. The Hall–Kier alpha value is 1.54. The quantitative estimate of drug-likeness (QED) is 0.609. The zero-order valence-corrected chi connectivity index (χ0v) is 14.1. The van der Waals surface area contributed by atoms with E-state index in [4.69, 9.17) is 1.47 Å². The molecule has 2 rings (SSSR count). The molecule has 0 amide bonds. The molecule has 0 aliphatic heterocycles. The molecule has 1 nitrogen and oxygen atoms in total. The van der Waals surface area contributed by atoms with Gasteiger partial charge in [0.2, 0.25) is 0 Å². The van der Waals surface area contributed by atoms with E-state index in [9.17, 15) is 0 Å². The van der Waals surface area contributed by atoms with Crippen LogP contribution in [0.3, 0.4) is 0 Å². The van der Waals surface area contributed by atoms with Crippen LogP contribution in [-0.4, -0.2) is 42.7 Å². The van der Waals surface area contributed by atoms with Crippen LogP contribution < -0.4 is 0 Å². The predicted octanol–water partition coefficient (Wildman–Crippen LogP) is 3.75. The zero-order valence-electron chi connectivity index (χ0n) is 9.45. The summed E-state index contributed by atoms with van der Waals surface area (Å²) in [7, 11) is 0. The van der Waals surface area contributed by atoms with Gasteiger partial charge in [0.15, 0.2) is 0 Å². The van der Waals surface area contributed by atoms with Crippen molar-refractivity contribution in [2.45, 2.75) is 72.1 Å². The second-order valence-corrected chi connectivity index (χ2v) is 12.7. The van der Waals surface area contributed by atoms with Gasteiger partial charge in [0.05, 0.1) is 0 Å². The maximum absolute atomic E-state index is 6.17. The summed E-state index contributed by atoms with van der Waals surface area (Å²) >= 11 is -0.0857. The second kappa shape index (κ2) is 7.79. The summed E-state index contributed by atoms with van der Waals surface area (Å²) in [5.74, 6) is 0. The summed E-state index contributed by atoms with van der Waals surface area (Å²) in [6, 6.07) is 0. The third-order valence-corrected chi connectivity index (χ3v) is 11.2. The van der Waals surface area contributed by atoms with E-state index in [1.807, 2.05) is 0 Å². The summed E-state index contributed by atoms with van der Waals surface area (Å²) in [5.41, 5.74) is 0. The Morgan fingerprint density at radius 2 is 1.00 bits per heavy atom. The Morgan fingerprint density at radius 1 is 0.600 bits per heavy atom. The summed E-state index contributed by atoms with van der Waals surface area (Å²) in [4.78, 5) is 0. The van der Waals surface area contributed by atoms with E-state index in [0.717, 1.165) is 7.93 Å². The van der Waals surface area contributed by atoms with Crippen molar-refractivity contribution >= 4 is 42.7 Å². The fraction of sp³-hybridized carbons (Fsp3) is 1.00. The van der Waals surface area contributed by atoms with Crippen molar-refractivity contribution in [2.75, 3.05) is 0 Å². The van der Waals surface area contributed by atoms with Gasteiger partial charge in [0.1, 0.15) is 0 Å². The topological polar surface area (TPSA) is 9.23 Å². The number of rotatable bonds is 4. The summed E-state index contributed by atoms with van der Waals surface area (Å²) in [5, 5.41) is 0. The van der Waals surface area contributed by atoms with Crippen molar-refractivity contribution in [2.24, 2.45) is 0 Å². The van der Waals surface area contributed by atoms with Crippen LogP contribution in [-0.2, 0) is 1.47 Å². The van der Waals surface area contributed by atoms with E-state index < -0.39 is 0 Å². The minimum absolute atomic E-state index is 0.0429. The van der Waals surface area contributed by atoms with Crippen LogP contribution in [0.15, 0.2) is 0 Å². The van der Waals surface area contributed by atoms with Gasteiger partial charge < -0.3 is 0 Å². The molecule has 0 aromatic carbocycles. The standard InChI is InChI=1S/C12H22OTe2/c1-3-7-11(8-4-1)14-13-15-12-9-5-2-6-10-12/h11-12H,1-10H2. The molecule has 2 aliphatic carbocycles. The zero-order chi connectivity index (χ0) is 10.3. The van der Waals surface area contributed by atoms with E-state index in [0.29, 0.717) is 0 Å². The molecule has 0 heterocycles. The second-order valence-electron chi connectivity index (χ2n) is 4.78. The van der Waals surface area contributed by atoms with E-state index in [2.05, 4.69) is 0 Å². The Morgan fingerprint density at radius 3 is 1.40 bits per heavy atom. The first-order valence-electron chi connectivity index (χ1n) is 6.44. The molecule has 3 heteroatoms. The Balaban J connectivity index is 1.53. The van der Waals surface area contributed by atoms with Crippen molar-refractivity contribution in [1.82, 2.24) is 0 Å². The summed E-state index contributed by atoms with van der Waals surface area (Å²) < 4.78 is 8.28. The Bertz CT molecular complexity index is 145. The monoisotopic (exact) mass is 442 g/mol. The van der Waals surface area contributed by atoms with Crippen molar-refractivity contribution in [1.29, 1.82) is 0 Å². The van der Waals surface area contributed by atoms with Gasteiger partial charge in [-0.1, -0.05) is 0 Å². The molecule has 2 saturated carbocycles. The van der Waals surface area contributed by atoms with Gasteiger partial charge in [-0.05, 0) is 0 Å². The SMILES string of the molecule is C1CCC([Te]O[Te]C2CCCCC2)CC1. The van der Waals surface area contributed by atoms with Crippen LogP contribution in [0.4, 0.5) is 0 Å². The van der Waals surface area contributed by atoms with Crippen molar-refractivity contribution in [3.63, 3.8) is 0 Å². The molecule has 15 heavy (non-hydrogen) atoms. The summed E-state index contributed by atoms with van der Waals surface area (Å²) in [6.07, 6.45) is 14.9. The van der Waals surface area contributed by atoms with E-state index in [-0.39, 0.29) is 42.7 Å². The van der Waals surface area contributed by atoms with Crippen LogP contribution in [0.5, 0.6) is 0 Å². The van der Waals surface area contributed by atoms with Crippen LogP contribution in [0.25, 0.3) is 0 Å². The predicted molar refractivity (Wildman–Crippen MR) is 66.3 cm³/mol. The van der Waals surface area contributed by atoms with Gasteiger partial charge in [-0.3, -0.25) is 0 Å². The third kappa shape index (κ3) is 5.14. The first kappa shape index (κ1) is 13.0. The molecule has 0 unspecified atom stereocenters. The fourth-order valence-electron chi connectivity index (χ4n) is 2.46. The normalized spacial score (nSPS) is 25.6. The van der Waals surface area contributed by atoms with Crippen LogP contribution >= 0.6 is 0 Å². The van der Waals surface area contributed by atoms with Gasteiger partial charge in [0, 0.05) is 0 Å². The van der Waals surface area contributed by atoms with Gasteiger partial charge >= 0.3 is 116 Å². The van der Waals surface area contributed by atoms with Gasteiger partial charge in [0.25, 0.3) is 0 Å². The Labute approximate surface area is 115 Å². The number of hydrogen-bond acceptors (Lipinski definition) is 1. The first-order chi connectivity index (χ1) is 7.45. The molecule has 0 aromatic rings. The molecule has 2 aliphatic rings. The Kier molecular flexibility index (Phi) is 6.74. The van der Waals surface area contributed by atoms with Crippen LogP contribution in [0.2, 0.25) is 7.93 Å². The molecular weight excluding hydrogens is 415 g/mol. The molecule has 0 bridgehead atoms. The third-order valence-electron chi connectivity index (χ3n) is 3.46. The van der Waals surface area contributed by atoms with Crippen LogP contribution in [0.1, 0.15) is 64.2 Å². The molecule has 0 radical (unpaired) electrons. The molecule has 88 valence electrons. The van der Waals surface area contributed by atoms with Gasteiger partial charge in [-0.15, -0.1) is 0 Å². The molecule has 0 spiro atoms. The average Bonchev–Trinajstić information content (AvgIpc) is 2.32. The maximum atomic E-state index is 6.17. The minimum atomic E-state index is -0.0429. The first-order valence-corrected chi connectivity index (χ1v) is 11.0. The molecular formula is C12H22OTe2. The molecule has 0 N–H and O–H groups in total. The van der Waals surface area contributed by atoms with Crippen molar-refractivity contribution < 1.29 is 1.47 Å². The van der Waals surface area contributed by atoms with Crippen molar-refractivity contribution in [3.05, 3.63) is 0 Å². The average molecular weight is 438 g/mol. The molecule has 0 atom stereocenters. The van der Waals surface area contributed by atoms with Crippen LogP contribution in [0, 0.1) is 0 Å². The summed E-state index contributed by atoms with van der Waals surface area (Å²) in [6.45, 7) is 0. The van der Waals surface area contributed by atoms with E-state index in [1.165, 1.54) is 64.2 Å². The number of hydrogen-bond donors (Lipinski definition) is 0. The molecule has 2 fully saturated rings. The molecule has 0 saturated heterocycles. The van der Waals surface area contributed by atoms with Gasteiger partial charge in [-0.25, -0.2) is 0 Å². The van der Waals surface area contributed by atoms with E-state index >= 15 is 0 Å². The van der Waals surface area contributed by atoms with Crippen molar-refractivity contribution in [3.8, 4) is 0 Å². The van der Waals surface area contributed by atoms with E-state index in [1.54, 1.807) is 0 Å². The molecule has 0 aromatic heterocycles. The van der Waals surface area contributed by atoms with Gasteiger partial charge in [-0.2, -0.15) is 0 Å².